The molecule has 0 bridgehead atoms. The van der Waals surface area contributed by atoms with E-state index in [1.165, 1.54) is 0 Å². The Labute approximate surface area is 156 Å². The molecular formula is C20H20N4O3. The summed E-state index contributed by atoms with van der Waals surface area (Å²) in [7, 11) is 0. The van der Waals surface area contributed by atoms with Crippen molar-refractivity contribution in [2.24, 2.45) is 0 Å². The van der Waals surface area contributed by atoms with Crippen LogP contribution in [0.25, 0.3) is 5.82 Å². The van der Waals surface area contributed by atoms with Gasteiger partial charge in [0.1, 0.15) is 12.4 Å². The summed E-state index contributed by atoms with van der Waals surface area (Å²) in [5.74, 6) is 1.22. The second-order valence-corrected chi connectivity index (χ2v) is 6.28. The molecule has 7 nitrogen and oxygen atoms in total. The van der Waals surface area contributed by atoms with Gasteiger partial charge >= 0.3 is 0 Å². The van der Waals surface area contributed by atoms with Crippen LogP contribution in [0, 0.1) is 0 Å². The fourth-order valence-electron chi connectivity index (χ4n) is 2.87. The number of nitrogens with zero attached hydrogens (tertiary/aromatic N) is 3. The molecule has 27 heavy (non-hydrogen) atoms. The lowest BCUT2D eigenvalue weighted by Gasteiger charge is -2.12. The Bertz CT molecular complexity index is 871. The van der Waals surface area contributed by atoms with E-state index < -0.39 is 0 Å². The molecule has 0 spiro atoms. The highest BCUT2D eigenvalue weighted by Crippen LogP contribution is 2.17. The molecule has 1 saturated heterocycles. The summed E-state index contributed by atoms with van der Waals surface area (Å²) in [5, 5.41) is 6.96. The summed E-state index contributed by atoms with van der Waals surface area (Å²) in [4.78, 5) is 16.7. The maximum Gasteiger partial charge on any atom is 0.255 e. The van der Waals surface area contributed by atoms with E-state index in [2.05, 4.69) is 15.4 Å². The fourth-order valence-corrected chi connectivity index (χ4v) is 2.87. The molecule has 1 amide bonds. The van der Waals surface area contributed by atoms with Gasteiger partial charge in [-0.2, -0.15) is 5.10 Å². The monoisotopic (exact) mass is 364 g/mol. The molecule has 0 unspecified atom stereocenters. The van der Waals surface area contributed by atoms with E-state index in [1.54, 1.807) is 53.5 Å². The van der Waals surface area contributed by atoms with Crippen LogP contribution in [0.2, 0.25) is 0 Å². The first-order valence-electron chi connectivity index (χ1n) is 8.90. The number of benzene rings is 1. The third-order valence-electron chi connectivity index (χ3n) is 4.32. The van der Waals surface area contributed by atoms with E-state index in [4.69, 9.17) is 9.47 Å². The van der Waals surface area contributed by atoms with Crippen LogP contribution in [0.4, 0.5) is 5.69 Å². The van der Waals surface area contributed by atoms with Crippen LogP contribution in [0.1, 0.15) is 23.2 Å². The van der Waals surface area contributed by atoms with Crippen LogP contribution in [0.15, 0.2) is 61.1 Å². The predicted octanol–water partition coefficient (Wildman–Crippen LogP) is 3.08. The van der Waals surface area contributed by atoms with Gasteiger partial charge in [-0.3, -0.25) is 4.79 Å². The number of aromatic nitrogens is 3. The number of nitrogens with one attached hydrogen (secondary N) is 1. The summed E-state index contributed by atoms with van der Waals surface area (Å²) in [5.41, 5.74) is 1.17. The molecule has 1 aliphatic heterocycles. The van der Waals surface area contributed by atoms with Gasteiger partial charge in [0.2, 0.25) is 0 Å². The third-order valence-corrected chi connectivity index (χ3v) is 4.32. The van der Waals surface area contributed by atoms with Gasteiger partial charge in [0.05, 0.1) is 18.0 Å². The Morgan fingerprint density at radius 1 is 1.26 bits per heavy atom. The normalized spacial score (nSPS) is 16.2. The summed E-state index contributed by atoms with van der Waals surface area (Å²) >= 11 is 0. The quantitative estimate of drug-likeness (QED) is 0.727. The zero-order chi connectivity index (χ0) is 18.5. The Hall–Kier alpha value is -3.19. The lowest BCUT2D eigenvalue weighted by Crippen LogP contribution is -2.16. The van der Waals surface area contributed by atoms with Gasteiger partial charge in [0, 0.05) is 24.6 Å². The first-order chi connectivity index (χ1) is 13.3. The minimum absolute atomic E-state index is 0.171. The number of anilines is 1. The zero-order valence-corrected chi connectivity index (χ0v) is 14.7. The summed E-state index contributed by atoms with van der Waals surface area (Å²) in [6.07, 6.45) is 7.39. The van der Waals surface area contributed by atoms with E-state index in [0.29, 0.717) is 23.7 Å². The number of amides is 1. The van der Waals surface area contributed by atoms with Crippen molar-refractivity contribution in [3.05, 3.63) is 66.6 Å². The SMILES string of the molecule is O=C(Nc1ccc(-n2cccn2)nc1)c1ccc(OC[C@@H]2CCCO2)cc1. The number of hydrogen-bond acceptors (Lipinski definition) is 5. The highest BCUT2D eigenvalue weighted by Gasteiger charge is 2.16. The third kappa shape index (κ3) is 4.32. The van der Waals surface area contributed by atoms with Gasteiger partial charge in [-0.15, -0.1) is 0 Å². The molecule has 1 aliphatic rings. The molecule has 1 N–H and O–H groups in total. The minimum Gasteiger partial charge on any atom is -0.491 e. The van der Waals surface area contributed by atoms with Gasteiger partial charge in [-0.05, 0) is 55.3 Å². The van der Waals surface area contributed by atoms with E-state index >= 15 is 0 Å². The average molecular weight is 364 g/mol. The van der Waals surface area contributed by atoms with Crippen LogP contribution in [0.5, 0.6) is 5.75 Å². The second kappa shape index (κ2) is 8.01. The smallest absolute Gasteiger partial charge is 0.255 e. The molecule has 0 radical (unpaired) electrons. The van der Waals surface area contributed by atoms with Crippen molar-refractivity contribution in [1.82, 2.24) is 14.8 Å². The molecule has 4 rings (SSSR count). The molecule has 0 aliphatic carbocycles. The van der Waals surface area contributed by atoms with E-state index in [1.807, 2.05) is 12.3 Å². The molecular weight excluding hydrogens is 344 g/mol. The van der Waals surface area contributed by atoms with Crippen molar-refractivity contribution in [2.75, 3.05) is 18.5 Å². The summed E-state index contributed by atoms with van der Waals surface area (Å²) < 4.78 is 12.9. The molecule has 2 aromatic heterocycles. The zero-order valence-electron chi connectivity index (χ0n) is 14.7. The number of ether oxygens (including phenoxy) is 2. The number of hydrogen-bond donors (Lipinski definition) is 1. The van der Waals surface area contributed by atoms with Crippen molar-refractivity contribution in [3.8, 4) is 11.6 Å². The highest BCUT2D eigenvalue weighted by molar-refractivity contribution is 6.04. The van der Waals surface area contributed by atoms with Crippen molar-refractivity contribution in [3.63, 3.8) is 0 Å². The fraction of sp³-hybridized carbons (Fsp3) is 0.250. The molecule has 138 valence electrons. The summed E-state index contributed by atoms with van der Waals surface area (Å²) in [6.45, 7) is 1.35. The second-order valence-electron chi connectivity index (χ2n) is 6.28. The molecule has 3 aromatic rings. The number of carbonyl (C=O) groups is 1. The molecule has 3 heterocycles. The van der Waals surface area contributed by atoms with Gasteiger partial charge in [0.15, 0.2) is 5.82 Å². The lowest BCUT2D eigenvalue weighted by atomic mass is 10.2. The van der Waals surface area contributed by atoms with Crippen molar-refractivity contribution < 1.29 is 14.3 Å². The van der Waals surface area contributed by atoms with E-state index in [0.717, 1.165) is 25.2 Å². The number of pyridine rings is 1. The van der Waals surface area contributed by atoms with Crippen molar-refractivity contribution in [1.29, 1.82) is 0 Å². The maximum absolute atomic E-state index is 12.4. The first kappa shape index (κ1) is 17.2. The number of carbonyl (C=O) groups excluding carboxylic acids is 1. The molecule has 1 atom stereocenters. The van der Waals surface area contributed by atoms with Gasteiger partial charge < -0.3 is 14.8 Å². The Balaban J connectivity index is 1.33. The van der Waals surface area contributed by atoms with Crippen LogP contribution in [-0.2, 0) is 4.74 Å². The first-order valence-corrected chi connectivity index (χ1v) is 8.90. The predicted molar refractivity (Wildman–Crippen MR) is 100 cm³/mol. The molecule has 1 fully saturated rings. The van der Waals surface area contributed by atoms with Crippen LogP contribution in [-0.4, -0.2) is 40.0 Å². The number of rotatable bonds is 6. The minimum atomic E-state index is -0.200. The Kier molecular flexibility index (Phi) is 5.11. The van der Waals surface area contributed by atoms with E-state index in [-0.39, 0.29) is 12.0 Å². The van der Waals surface area contributed by atoms with Crippen LogP contribution < -0.4 is 10.1 Å². The summed E-state index contributed by atoms with van der Waals surface area (Å²) in [6, 6.07) is 12.5. The molecule has 1 aromatic carbocycles. The van der Waals surface area contributed by atoms with Crippen molar-refractivity contribution >= 4 is 11.6 Å². The van der Waals surface area contributed by atoms with Crippen molar-refractivity contribution in [2.45, 2.75) is 18.9 Å². The Morgan fingerprint density at radius 3 is 2.81 bits per heavy atom. The standard InChI is InChI=1S/C20H20N4O3/c25-20(23-16-6-9-19(21-13-16)24-11-2-10-22-24)15-4-7-17(8-5-15)27-14-18-3-1-12-26-18/h2,4-11,13,18H,1,3,12,14H2,(H,23,25)/t18-/m0/s1. The molecule has 7 heteroatoms. The highest BCUT2D eigenvalue weighted by atomic mass is 16.5. The topological polar surface area (TPSA) is 78.3 Å². The largest absolute Gasteiger partial charge is 0.491 e. The van der Waals surface area contributed by atoms with Gasteiger partial charge in [-0.1, -0.05) is 0 Å². The van der Waals surface area contributed by atoms with Crippen LogP contribution in [0.3, 0.4) is 0 Å². The van der Waals surface area contributed by atoms with Gasteiger partial charge in [0.25, 0.3) is 5.91 Å². The molecule has 0 saturated carbocycles. The Morgan fingerprint density at radius 2 is 2.15 bits per heavy atom. The lowest BCUT2D eigenvalue weighted by molar-refractivity contribution is 0.0679. The maximum atomic E-state index is 12.4. The average Bonchev–Trinajstić information content (AvgIpc) is 3.41. The van der Waals surface area contributed by atoms with Crippen LogP contribution >= 0.6 is 0 Å². The van der Waals surface area contributed by atoms with Gasteiger partial charge in [-0.25, -0.2) is 9.67 Å². The van der Waals surface area contributed by atoms with E-state index in [9.17, 15) is 4.79 Å².